The standard InChI is InChI=1S/C13H19NO3/c1-13(2)16-8-12(17-13)10-5-3-9(4-6-10)11(14)7-15/h3-6,11-12,15H,7-8,14H2,1-2H3. The van der Waals surface area contributed by atoms with Gasteiger partial charge in [-0.15, -0.1) is 0 Å². The number of ether oxygens (including phenoxy) is 2. The highest BCUT2D eigenvalue weighted by molar-refractivity contribution is 5.26. The summed E-state index contributed by atoms with van der Waals surface area (Å²) in [5, 5.41) is 8.97. The van der Waals surface area contributed by atoms with E-state index in [2.05, 4.69) is 0 Å². The van der Waals surface area contributed by atoms with Gasteiger partial charge in [0.05, 0.1) is 19.3 Å². The molecule has 0 aliphatic carbocycles. The van der Waals surface area contributed by atoms with Crippen LogP contribution in [-0.4, -0.2) is 24.1 Å². The van der Waals surface area contributed by atoms with Gasteiger partial charge < -0.3 is 20.3 Å². The van der Waals surface area contributed by atoms with Crippen molar-refractivity contribution >= 4 is 0 Å². The van der Waals surface area contributed by atoms with E-state index in [0.29, 0.717) is 6.61 Å². The maximum Gasteiger partial charge on any atom is 0.163 e. The molecule has 94 valence electrons. The van der Waals surface area contributed by atoms with Crippen LogP contribution in [0.5, 0.6) is 0 Å². The summed E-state index contributed by atoms with van der Waals surface area (Å²) in [7, 11) is 0. The Kier molecular flexibility index (Phi) is 3.49. The Hall–Kier alpha value is -0.940. The van der Waals surface area contributed by atoms with E-state index in [0.717, 1.165) is 11.1 Å². The molecule has 1 aliphatic rings. The first-order valence-electron chi connectivity index (χ1n) is 5.80. The van der Waals surface area contributed by atoms with Gasteiger partial charge in [0.15, 0.2) is 5.79 Å². The molecule has 2 atom stereocenters. The molecule has 1 aromatic rings. The fraction of sp³-hybridized carbons (Fsp3) is 0.538. The first kappa shape index (κ1) is 12.5. The van der Waals surface area contributed by atoms with Crippen molar-refractivity contribution in [1.29, 1.82) is 0 Å². The topological polar surface area (TPSA) is 64.7 Å². The van der Waals surface area contributed by atoms with Crippen molar-refractivity contribution in [1.82, 2.24) is 0 Å². The SMILES string of the molecule is CC1(C)OCC(c2ccc(C(N)CO)cc2)O1. The second-order valence-electron chi connectivity index (χ2n) is 4.77. The van der Waals surface area contributed by atoms with Crippen LogP contribution in [-0.2, 0) is 9.47 Å². The van der Waals surface area contributed by atoms with Crippen LogP contribution < -0.4 is 5.73 Å². The zero-order valence-corrected chi connectivity index (χ0v) is 10.2. The number of aliphatic hydroxyl groups excluding tert-OH is 1. The normalized spacial score (nSPS) is 24.8. The van der Waals surface area contributed by atoms with Gasteiger partial charge in [-0.3, -0.25) is 0 Å². The Morgan fingerprint density at radius 1 is 1.41 bits per heavy atom. The Morgan fingerprint density at radius 2 is 2.06 bits per heavy atom. The quantitative estimate of drug-likeness (QED) is 0.836. The zero-order chi connectivity index (χ0) is 12.5. The van der Waals surface area contributed by atoms with Crippen LogP contribution in [0.4, 0.5) is 0 Å². The van der Waals surface area contributed by atoms with Gasteiger partial charge in [-0.1, -0.05) is 24.3 Å². The maximum atomic E-state index is 8.97. The van der Waals surface area contributed by atoms with Gasteiger partial charge in [0, 0.05) is 0 Å². The maximum absolute atomic E-state index is 8.97. The molecule has 1 aliphatic heterocycles. The highest BCUT2D eigenvalue weighted by Crippen LogP contribution is 2.32. The molecular formula is C13H19NO3. The molecule has 1 aromatic carbocycles. The monoisotopic (exact) mass is 237 g/mol. The molecule has 0 amide bonds. The lowest BCUT2D eigenvalue weighted by Gasteiger charge is -2.17. The van der Waals surface area contributed by atoms with Crippen molar-refractivity contribution in [3.05, 3.63) is 35.4 Å². The number of hydrogen-bond donors (Lipinski definition) is 2. The molecule has 1 fully saturated rings. The summed E-state index contributed by atoms with van der Waals surface area (Å²) < 4.78 is 11.3. The largest absolute Gasteiger partial charge is 0.394 e. The Bertz CT molecular complexity index is 375. The highest BCUT2D eigenvalue weighted by atomic mass is 16.7. The number of rotatable bonds is 3. The highest BCUT2D eigenvalue weighted by Gasteiger charge is 2.33. The third-order valence-electron chi connectivity index (χ3n) is 2.94. The number of hydrogen-bond acceptors (Lipinski definition) is 4. The van der Waals surface area contributed by atoms with E-state index >= 15 is 0 Å². The number of aliphatic hydroxyl groups is 1. The van der Waals surface area contributed by atoms with Gasteiger partial charge >= 0.3 is 0 Å². The molecule has 3 N–H and O–H groups in total. The third kappa shape index (κ3) is 2.84. The summed E-state index contributed by atoms with van der Waals surface area (Å²) in [6.07, 6.45) is -0.0237. The minimum Gasteiger partial charge on any atom is -0.394 e. The van der Waals surface area contributed by atoms with Crippen LogP contribution in [0.25, 0.3) is 0 Å². The Morgan fingerprint density at radius 3 is 2.53 bits per heavy atom. The van der Waals surface area contributed by atoms with Crippen LogP contribution >= 0.6 is 0 Å². The van der Waals surface area contributed by atoms with E-state index in [1.54, 1.807) is 0 Å². The average Bonchev–Trinajstić information content (AvgIpc) is 2.69. The predicted octanol–water partition coefficient (Wildman–Crippen LogP) is 1.50. The molecule has 17 heavy (non-hydrogen) atoms. The van der Waals surface area contributed by atoms with Gasteiger partial charge in [-0.25, -0.2) is 0 Å². The van der Waals surface area contributed by atoms with Crippen molar-refractivity contribution in [2.75, 3.05) is 13.2 Å². The van der Waals surface area contributed by atoms with Crippen LogP contribution in [0.1, 0.15) is 37.1 Å². The number of benzene rings is 1. The van der Waals surface area contributed by atoms with Crippen LogP contribution in [0.2, 0.25) is 0 Å². The molecule has 2 rings (SSSR count). The molecule has 1 saturated heterocycles. The fourth-order valence-corrected chi connectivity index (χ4v) is 1.91. The van der Waals surface area contributed by atoms with Gasteiger partial charge in [0.1, 0.15) is 6.10 Å². The van der Waals surface area contributed by atoms with Crippen LogP contribution in [0.3, 0.4) is 0 Å². The van der Waals surface area contributed by atoms with E-state index in [1.807, 2.05) is 38.1 Å². The molecule has 0 bridgehead atoms. The Labute approximate surface area is 101 Å². The number of nitrogens with two attached hydrogens (primary N) is 1. The average molecular weight is 237 g/mol. The molecule has 4 heteroatoms. The molecule has 2 unspecified atom stereocenters. The third-order valence-corrected chi connectivity index (χ3v) is 2.94. The van der Waals surface area contributed by atoms with Crippen LogP contribution in [0.15, 0.2) is 24.3 Å². The summed E-state index contributed by atoms with van der Waals surface area (Å²) in [4.78, 5) is 0. The first-order chi connectivity index (χ1) is 8.02. The summed E-state index contributed by atoms with van der Waals surface area (Å²) in [6.45, 7) is 4.33. The first-order valence-corrected chi connectivity index (χ1v) is 5.80. The van der Waals surface area contributed by atoms with Gasteiger partial charge in [-0.2, -0.15) is 0 Å². The molecule has 0 saturated carbocycles. The van der Waals surface area contributed by atoms with Crippen molar-refractivity contribution in [2.45, 2.75) is 31.8 Å². The van der Waals surface area contributed by atoms with E-state index in [1.165, 1.54) is 0 Å². The van der Waals surface area contributed by atoms with E-state index in [9.17, 15) is 0 Å². The predicted molar refractivity (Wildman–Crippen MR) is 64.3 cm³/mol. The smallest absolute Gasteiger partial charge is 0.163 e. The lowest BCUT2D eigenvalue weighted by atomic mass is 10.0. The van der Waals surface area contributed by atoms with Crippen molar-refractivity contribution in [3.8, 4) is 0 Å². The van der Waals surface area contributed by atoms with E-state index < -0.39 is 5.79 Å². The summed E-state index contributed by atoms with van der Waals surface area (Å²) in [5.41, 5.74) is 7.73. The van der Waals surface area contributed by atoms with Gasteiger partial charge in [0.25, 0.3) is 0 Å². The van der Waals surface area contributed by atoms with Crippen molar-refractivity contribution in [2.24, 2.45) is 5.73 Å². The molecule has 4 nitrogen and oxygen atoms in total. The molecule has 0 spiro atoms. The fourth-order valence-electron chi connectivity index (χ4n) is 1.91. The summed E-state index contributed by atoms with van der Waals surface area (Å²) >= 11 is 0. The lowest BCUT2D eigenvalue weighted by molar-refractivity contribution is -0.139. The second-order valence-corrected chi connectivity index (χ2v) is 4.77. The van der Waals surface area contributed by atoms with Crippen molar-refractivity contribution in [3.63, 3.8) is 0 Å². The van der Waals surface area contributed by atoms with E-state index in [-0.39, 0.29) is 18.8 Å². The van der Waals surface area contributed by atoms with Crippen molar-refractivity contribution < 1.29 is 14.6 Å². The minimum absolute atomic E-state index is 0.0237. The Balaban J connectivity index is 2.09. The molecule has 0 aromatic heterocycles. The second kappa shape index (κ2) is 4.74. The summed E-state index contributed by atoms with van der Waals surface area (Å²) in [5.74, 6) is -0.509. The molecule has 0 radical (unpaired) electrons. The van der Waals surface area contributed by atoms with E-state index in [4.69, 9.17) is 20.3 Å². The molecule has 1 heterocycles. The van der Waals surface area contributed by atoms with Gasteiger partial charge in [0.2, 0.25) is 0 Å². The van der Waals surface area contributed by atoms with Crippen LogP contribution in [0, 0.1) is 0 Å². The summed E-state index contributed by atoms with van der Waals surface area (Å²) in [6, 6.07) is 7.47. The molecular weight excluding hydrogens is 218 g/mol. The lowest BCUT2D eigenvalue weighted by Crippen LogP contribution is -2.19. The zero-order valence-electron chi connectivity index (χ0n) is 10.2. The van der Waals surface area contributed by atoms with Gasteiger partial charge in [-0.05, 0) is 25.0 Å². The minimum atomic E-state index is -0.509.